The second kappa shape index (κ2) is 5.17. The molecule has 0 spiro atoms. The third-order valence-corrected chi connectivity index (χ3v) is 2.33. The van der Waals surface area contributed by atoms with Gasteiger partial charge in [0.15, 0.2) is 0 Å². The number of nitrogens with zero attached hydrogens (tertiary/aromatic N) is 1. The molecule has 0 saturated carbocycles. The van der Waals surface area contributed by atoms with Gasteiger partial charge in [0.1, 0.15) is 0 Å². The second-order valence-corrected chi connectivity index (χ2v) is 3.17. The summed E-state index contributed by atoms with van der Waals surface area (Å²) < 4.78 is 0. The van der Waals surface area contributed by atoms with Crippen LogP contribution in [0.3, 0.4) is 0 Å². The van der Waals surface area contributed by atoms with Crippen LogP contribution >= 0.6 is 0 Å². The third-order valence-electron chi connectivity index (χ3n) is 2.33. The largest absolute Gasteiger partial charge is 0.395 e. The van der Waals surface area contributed by atoms with Crippen molar-refractivity contribution in [2.75, 3.05) is 26.2 Å². The first kappa shape index (κ1) is 9.55. The number of nitrogens with one attached hydrogen (secondary N) is 1. The molecule has 0 radical (unpaired) electrons. The molecular formula is C9H18N2O. The highest BCUT2D eigenvalue weighted by atomic mass is 16.3. The molecule has 1 heterocycles. The summed E-state index contributed by atoms with van der Waals surface area (Å²) in [7, 11) is 0. The van der Waals surface area contributed by atoms with E-state index in [0.717, 1.165) is 32.5 Å². The van der Waals surface area contributed by atoms with E-state index in [1.807, 2.05) is 6.20 Å². The van der Waals surface area contributed by atoms with Gasteiger partial charge in [0, 0.05) is 25.7 Å². The van der Waals surface area contributed by atoms with Gasteiger partial charge in [-0.25, -0.2) is 0 Å². The zero-order valence-corrected chi connectivity index (χ0v) is 7.50. The van der Waals surface area contributed by atoms with Crippen molar-refractivity contribution in [3.63, 3.8) is 0 Å². The lowest BCUT2D eigenvalue weighted by atomic mass is 10.1. The number of hydrogen-bond donors (Lipinski definition) is 2. The van der Waals surface area contributed by atoms with Crippen molar-refractivity contribution >= 4 is 0 Å². The quantitative estimate of drug-likeness (QED) is 0.631. The van der Waals surface area contributed by atoms with Gasteiger partial charge in [-0.2, -0.15) is 0 Å². The Morgan fingerprint density at radius 1 is 1.50 bits per heavy atom. The van der Waals surface area contributed by atoms with Crippen LogP contribution in [0.15, 0.2) is 12.8 Å². The average Bonchev–Trinajstić information content (AvgIpc) is 2.15. The van der Waals surface area contributed by atoms with Crippen LogP contribution < -0.4 is 5.32 Å². The first-order chi connectivity index (χ1) is 5.86. The first-order valence-electron chi connectivity index (χ1n) is 4.57. The first-order valence-corrected chi connectivity index (χ1v) is 4.57. The number of aliphatic hydroxyl groups is 1. The van der Waals surface area contributed by atoms with E-state index in [9.17, 15) is 0 Å². The van der Waals surface area contributed by atoms with Crippen molar-refractivity contribution in [2.24, 2.45) is 0 Å². The van der Waals surface area contributed by atoms with E-state index in [1.165, 1.54) is 0 Å². The van der Waals surface area contributed by atoms with Crippen LogP contribution in [0.25, 0.3) is 0 Å². The van der Waals surface area contributed by atoms with Gasteiger partial charge in [-0.3, -0.25) is 0 Å². The number of aliphatic hydroxyl groups excluding tert-OH is 1. The Labute approximate surface area is 74.1 Å². The van der Waals surface area contributed by atoms with E-state index >= 15 is 0 Å². The van der Waals surface area contributed by atoms with Crippen LogP contribution in [-0.2, 0) is 0 Å². The Balaban J connectivity index is 2.12. The summed E-state index contributed by atoms with van der Waals surface area (Å²) in [5.74, 6) is 0. The predicted molar refractivity (Wildman–Crippen MR) is 49.9 cm³/mol. The van der Waals surface area contributed by atoms with Gasteiger partial charge in [0.05, 0.1) is 6.61 Å². The van der Waals surface area contributed by atoms with E-state index in [0.29, 0.717) is 6.04 Å². The lowest BCUT2D eigenvalue weighted by Crippen LogP contribution is -2.41. The molecule has 0 bridgehead atoms. The van der Waals surface area contributed by atoms with Crippen LogP contribution in [0, 0.1) is 0 Å². The van der Waals surface area contributed by atoms with Crippen molar-refractivity contribution in [1.29, 1.82) is 0 Å². The molecule has 3 heteroatoms. The molecule has 0 atom stereocenters. The molecule has 1 saturated heterocycles. The molecule has 0 aliphatic carbocycles. The summed E-state index contributed by atoms with van der Waals surface area (Å²) in [6, 6.07) is 0.591. The average molecular weight is 170 g/mol. The summed E-state index contributed by atoms with van der Waals surface area (Å²) in [4.78, 5) is 2.23. The molecule has 1 aliphatic rings. The summed E-state index contributed by atoms with van der Waals surface area (Å²) in [5, 5.41) is 11.9. The molecule has 0 amide bonds. The van der Waals surface area contributed by atoms with Crippen LogP contribution in [-0.4, -0.2) is 42.3 Å². The van der Waals surface area contributed by atoms with Gasteiger partial charge in [-0.05, 0) is 19.0 Å². The maximum atomic E-state index is 8.61. The van der Waals surface area contributed by atoms with Crippen LogP contribution in [0.4, 0.5) is 0 Å². The molecule has 2 N–H and O–H groups in total. The molecule has 0 aromatic rings. The Kier molecular flexibility index (Phi) is 4.11. The molecule has 12 heavy (non-hydrogen) atoms. The fourth-order valence-corrected chi connectivity index (χ4v) is 1.55. The highest BCUT2D eigenvalue weighted by molar-refractivity contribution is 4.81. The number of piperidine rings is 1. The van der Waals surface area contributed by atoms with E-state index in [4.69, 9.17) is 5.11 Å². The minimum Gasteiger partial charge on any atom is -0.395 e. The van der Waals surface area contributed by atoms with Crippen LogP contribution in [0.5, 0.6) is 0 Å². The molecule has 3 nitrogen and oxygen atoms in total. The van der Waals surface area contributed by atoms with Gasteiger partial charge in [0.25, 0.3) is 0 Å². The summed E-state index contributed by atoms with van der Waals surface area (Å²) in [6.45, 7) is 6.88. The number of likely N-dealkylation sites (tertiary alicyclic amines) is 1. The van der Waals surface area contributed by atoms with Crippen molar-refractivity contribution in [3.05, 3.63) is 12.8 Å². The standard InChI is InChI=1S/C9H18N2O/c1-2-11-6-3-9(4-7-11)10-5-8-12/h2,9-10,12H,1,3-8H2. The Hall–Kier alpha value is -0.540. The monoisotopic (exact) mass is 170 g/mol. The van der Waals surface area contributed by atoms with Crippen molar-refractivity contribution in [3.8, 4) is 0 Å². The zero-order valence-electron chi connectivity index (χ0n) is 7.50. The topological polar surface area (TPSA) is 35.5 Å². The lowest BCUT2D eigenvalue weighted by Gasteiger charge is -2.31. The van der Waals surface area contributed by atoms with E-state index in [-0.39, 0.29) is 6.61 Å². The van der Waals surface area contributed by atoms with Crippen molar-refractivity contribution in [1.82, 2.24) is 10.2 Å². The normalized spacial score (nSPS) is 19.6. The maximum absolute atomic E-state index is 8.61. The third kappa shape index (κ3) is 2.83. The molecule has 0 aromatic heterocycles. The molecule has 0 aromatic carbocycles. The Morgan fingerprint density at radius 2 is 2.17 bits per heavy atom. The minimum atomic E-state index is 0.238. The predicted octanol–water partition coefficient (Wildman–Crippen LogP) is 0.176. The molecule has 70 valence electrons. The summed E-state index contributed by atoms with van der Waals surface area (Å²) in [5.41, 5.74) is 0. The number of rotatable bonds is 4. The molecular weight excluding hydrogens is 152 g/mol. The van der Waals surface area contributed by atoms with E-state index in [2.05, 4.69) is 16.8 Å². The van der Waals surface area contributed by atoms with Crippen molar-refractivity contribution in [2.45, 2.75) is 18.9 Å². The number of hydrogen-bond acceptors (Lipinski definition) is 3. The highest BCUT2D eigenvalue weighted by Crippen LogP contribution is 2.09. The second-order valence-electron chi connectivity index (χ2n) is 3.17. The highest BCUT2D eigenvalue weighted by Gasteiger charge is 2.15. The van der Waals surface area contributed by atoms with Gasteiger partial charge in [0.2, 0.25) is 0 Å². The maximum Gasteiger partial charge on any atom is 0.0556 e. The Morgan fingerprint density at radius 3 is 2.67 bits per heavy atom. The van der Waals surface area contributed by atoms with Gasteiger partial charge < -0.3 is 15.3 Å². The fraction of sp³-hybridized carbons (Fsp3) is 0.778. The fourth-order valence-electron chi connectivity index (χ4n) is 1.55. The van der Waals surface area contributed by atoms with Gasteiger partial charge in [-0.1, -0.05) is 6.58 Å². The molecule has 1 rings (SSSR count). The van der Waals surface area contributed by atoms with Crippen LogP contribution in [0.2, 0.25) is 0 Å². The van der Waals surface area contributed by atoms with Crippen LogP contribution in [0.1, 0.15) is 12.8 Å². The summed E-state index contributed by atoms with van der Waals surface area (Å²) >= 11 is 0. The van der Waals surface area contributed by atoms with Crippen molar-refractivity contribution < 1.29 is 5.11 Å². The van der Waals surface area contributed by atoms with Gasteiger partial charge in [-0.15, -0.1) is 0 Å². The molecule has 1 fully saturated rings. The van der Waals surface area contributed by atoms with E-state index < -0.39 is 0 Å². The van der Waals surface area contributed by atoms with Gasteiger partial charge >= 0.3 is 0 Å². The summed E-state index contributed by atoms with van der Waals surface area (Å²) in [6.07, 6.45) is 4.22. The minimum absolute atomic E-state index is 0.238. The zero-order chi connectivity index (χ0) is 8.81. The SMILES string of the molecule is C=CN1CCC(NCCO)CC1. The Bertz CT molecular complexity index is 130. The molecule has 0 unspecified atom stereocenters. The van der Waals surface area contributed by atoms with E-state index in [1.54, 1.807) is 0 Å². The smallest absolute Gasteiger partial charge is 0.0556 e. The lowest BCUT2D eigenvalue weighted by molar-refractivity contribution is 0.237. The molecule has 1 aliphatic heterocycles.